The van der Waals surface area contributed by atoms with Crippen molar-refractivity contribution in [2.45, 2.75) is 64.7 Å². The molecular formula is C24H40FN3. The third-order valence-electron chi connectivity index (χ3n) is 9.44. The molecule has 3 nitrogen and oxygen atoms in total. The number of nitrogens with two attached hydrogens (primary N) is 2. The molecule has 158 valence electrons. The maximum Gasteiger partial charge on any atom is 0.0922 e. The highest BCUT2D eigenvalue weighted by molar-refractivity contribution is 5.16. The molecule has 4 fully saturated rings. The Kier molecular flexibility index (Phi) is 5.79. The van der Waals surface area contributed by atoms with Crippen LogP contribution in [0.4, 0.5) is 4.39 Å². The van der Waals surface area contributed by atoms with Gasteiger partial charge in [-0.3, -0.25) is 4.39 Å². The van der Waals surface area contributed by atoms with E-state index in [1.54, 1.807) is 11.2 Å². The van der Waals surface area contributed by atoms with Gasteiger partial charge in [0.05, 0.1) is 13.2 Å². The van der Waals surface area contributed by atoms with Gasteiger partial charge >= 0.3 is 0 Å². The molecule has 4 aliphatic carbocycles. The van der Waals surface area contributed by atoms with Gasteiger partial charge in [0.25, 0.3) is 0 Å². The molecule has 0 aromatic carbocycles. The Bertz CT molecular complexity index is 605. The van der Waals surface area contributed by atoms with E-state index < -0.39 is 0 Å². The van der Waals surface area contributed by atoms with E-state index in [2.05, 4.69) is 13.5 Å². The largest absolute Gasteiger partial charge is 0.403 e. The molecular weight excluding hydrogens is 349 g/mol. The van der Waals surface area contributed by atoms with E-state index in [1.165, 1.54) is 56.7 Å². The van der Waals surface area contributed by atoms with Crippen molar-refractivity contribution in [1.82, 2.24) is 5.01 Å². The van der Waals surface area contributed by atoms with Crippen LogP contribution >= 0.6 is 0 Å². The number of nitrogens with zero attached hydrogens (tertiary/aromatic N) is 1. The third-order valence-corrected chi connectivity index (χ3v) is 9.44. The average molecular weight is 390 g/mol. The van der Waals surface area contributed by atoms with Crippen molar-refractivity contribution in [2.24, 2.45) is 58.4 Å². The number of hydrogen-bond donors (Lipinski definition) is 2. The Morgan fingerprint density at radius 1 is 1.11 bits per heavy atom. The van der Waals surface area contributed by atoms with Gasteiger partial charge in [-0.25, -0.2) is 5.84 Å². The molecule has 0 radical (unpaired) electrons. The van der Waals surface area contributed by atoms with Gasteiger partial charge in [0, 0.05) is 12.4 Å². The van der Waals surface area contributed by atoms with Crippen LogP contribution in [0.2, 0.25) is 0 Å². The Hall–Kier alpha value is -1.03. The zero-order valence-corrected chi connectivity index (χ0v) is 17.7. The van der Waals surface area contributed by atoms with Crippen molar-refractivity contribution in [2.75, 3.05) is 13.2 Å². The van der Waals surface area contributed by atoms with Crippen LogP contribution < -0.4 is 11.6 Å². The van der Waals surface area contributed by atoms with Crippen molar-refractivity contribution in [3.8, 4) is 0 Å². The Morgan fingerprint density at radius 2 is 1.89 bits per heavy atom. The predicted molar refractivity (Wildman–Crippen MR) is 113 cm³/mol. The lowest BCUT2D eigenvalue weighted by atomic mass is 9.49. The molecule has 28 heavy (non-hydrogen) atoms. The van der Waals surface area contributed by atoms with E-state index >= 15 is 0 Å². The summed E-state index contributed by atoms with van der Waals surface area (Å²) in [5, 5.41) is 1.67. The maximum atomic E-state index is 13.2. The van der Waals surface area contributed by atoms with Gasteiger partial charge in [0.2, 0.25) is 0 Å². The highest BCUT2D eigenvalue weighted by Gasteiger charge is 2.57. The molecule has 8 atom stereocenters. The van der Waals surface area contributed by atoms with E-state index in [0.717, 1.165) is 42.4 Å². The summed E-state index contributed by atoms with van der Waals surface area (Å²) in [5.74, 6) is 11.3. The van der Waals surface area contributed by atoms with Crippen molar-refractivity contribution >= 4 is 0 Å². The summed E-state index contributed by atoms with van der Waals surface area (Å²) in [6.45, 7) is 7.60. The SMILES string of the molecule is C=C(CN(N)/C=C\N)C1CCC2C3CCC4CC(CF)CCC4C3CCC12C. The second-order valence-corrected chi connectivity index (χ2v) is 10.6. The van der Waals surface area contributed by atoms with Gasteiger partial charge in [0.15, 0.2) is 0 Å². The minimum absolute atomic E-state index is 0.0979. The Labute approximate surface area is 170 Å². The van der Waals surface area contributed by atoms with Gasteiger partial charge in [-0.2, -0.15) is 0 Å². The fraction of sp³-hybridized carbons (Fsp3) is 0.833. The molecule has 4 saturated carbocycles. The van der Waals surface area contributed by atoms with Gasteiger partial charge in [-0.05, 0) is 105 Å². The number of alkyl halides is 1. The number of fused-ring (bicyclic) bond motifs is 5. The quantitative estimate of drug-likeness (QED) is 0.395. The fourth-order valence-electron chi connectivity index (χ4n) is 8.27. The second-order valence-electron chi connectivity index (χ2n) is 10.6. The molecule has 0 amide bonds. The van der Waals surface area contributed by atoms with Crippen LogP contribution in [0.15, 0.2) is 24.6 Å². The zero-order chi connectivity index (χ0) is 19.9. The fourth-order valence-corrected chi connectivity index (χ4v) is 8.27. The van der Waals surface area contributed by atoms with Gasteiger partial charge in [-0.15, -0.1) is 0 Å². The van der Waals surface area contributed by atoms with Gasteiger partial charge < -0.3 is 10.7 Å². The summed E-state index contributed by atoms with van der Waals surface area (Å²) in [7, 11) is 0. The lowest BCUT2D eigenvalue weighted by molar-refractivity contribution is -0.0658. The number of hydrogen-bond acceptors (Lipinski definition) is 3. The minimum Gasteiger partial charge on any atom is -0.403 e. The van der Waals surface area contributed by atoms with Crippen molar-refractivity contribution in [1.29, 1.82) is 0 Å². The smallest absolute Gasteiger partial charge is 0.0922 e. The van der Waals surface area contributed by atoms with Crippen molar-refractivity contribution in [3.05, 3.63) is 24.6 Å². The van der Waals surface area contributed by atoms with Crippen LogP contribution in [0.3, 0.4) is 0 Å². The second kappa shape index (κ2) is 8.01. The van der Waals surface area contributed by atoms with E-state index in [1.807, 2.05) is 0 Å². The van der Waals surface area contributed by atoms with E-state index in [4.69, 9.17) is 11.6 Å². The molecule has 0 spiro atoms. The topological polar surface area (TPSA) is 55.3 Å². The number of hydrazine groups is 1. The number of rotatable bonds is 5. The Morgan fingerprint density at radius 3 is 2.64 bits per heavy atom. The average Bonchev–Trinajstić information content (AvgIpc) is 3.04. The van der Waals surface area contributed by atoms with Crippen molar-refractivity contribution < 1.29 is 4.39 Å². The summed E-state index contributed by atoms with van der Waals surface area (Å²) in [5.41, 5.74) is 7.14. The molecule has 0 aromatic heterocycles. The van der Waals surface area contributed by atoms with Gasteiger partial charge in [-0.1, -0.05) is 19.1 Å². The van der Waals surface area contributed by atoms with Crippen LogP contribution in [0.5, 0.6) is 0 Å². The molecule has 0 saturated heterocycles. The lowest BCUT2D eigenvalue weighted by Gasteiger charge is -2.56. The lowest BCUT2D eigenvalue weighted by Crippen LogP contribution is -2.49. The van der Waals surface area contributed by atoms with E-state index in [0.29, 0.717) is 23.8 Å². The normalized spacial score (nSPS) is 45.3. The highest BCUT2D eigenvalue weighted by atomic mass is 19.1. The number of halogens is 1. The summed E-state index contributed by atoms with van der Waals surface area (Å²) in [6, 6.07) is 0. The van der Waals surface area contributed by atoms with E-state index in [9.17, 15) is 4.39 Å². The summed E-state index contributed by atoms with van der Waals surface area (Å²) >= 11 is 0. The van der Waals surface area contributed by atoms with Crippen LogP contribution in [0, 0.1) is 46.8 Å². The van der Waals surface area contributed by atoms with Crippen LogP contribution in [-0.2, 0) is 0 Å². The van der Waals surface area contributed by atoms with Crippen molar-refractivity contribution in [3.63, 3.8) is 0 Å². The predicted octanol–water partition coefficient (Wildman–Crippen LogP) is 5.00. The van der Waals surface area contributed by atoms with E-state index in [-0.39, 0.29) is 6.67 Å². The first kappa shape index (κ1) is 20.3. The summed E-state index contributed by atoms with van der Waals surface area (Å²) < 4.78 is 13.2. The van der Waals surface area contributed by atoms with Crippen LogP contribution in [0.25, 0.3) is 0 Å². The monoisotopic (exact) mass is 389 g/mol. The molecule has 0 heterocycles. The molecule has 4 N–H and O–H groups in total. The summed E-state index contributed by atoms with van der Waals surface area (Å²) in [6.07, 6.45) is 14.8. The zero-order valence-electron chi connectivity index (χ0n) is 17.7. The molecule has 4 aliphatic rings. The Balaban J connectivity index is 1.46. The molecule has 4 rings (SSSR count). The summed E-state index contributed by atoms with van der Waals surface area (Å²) in [4.78, 5) is 0. The first-order chi connectivity index (χ1) is 13.5. The molecule has 8 unspecified atom stereocenters. The third kappa shape index (κ3) is 3.40. The maximum absolute atomic E-state index is 13.2. The van der Waals surface area contributed by atoms with Gasteiger partial charge in [0.1, 0.15) is 0 Å². The van der Waals surface area contributed by atoms with Crippen LogP contribution in [0.1, 0.15) is 64.7 Å². The van der Waals surface area contributed by atoms with Crippen LogP contribution in [-0.4, -0.2) is 18.2 Å². The molecule has 0 aliphatic heterocycles. The first-order valence-electron chi connectivity index (χ1n) is 11.6. The first-order valence-corrected chi connectivity index (χ1v) is 11.6. The highest BCUT2D eigenvalue weighted by Crippen LogP contribution is 2.65. The molecule has 4 heteroatoms. The molecule has 0 bridgehead atoms. The minimum atomic E-state index is -0.0979. The molecule has 0 aromatic rings. The standard InChI is InChI=1S/C24H40FN3/c1-16(15-28(27)12-11-26)22-7-8-23-21-6-4-18-13-17(14-25)3-5-19(18)20(21)9-10-24(22,23)2/h11-12,17-23H,1,3-10,13-15,26-27H2,2H3/b12-11-.